The molecule has 0 amide bonds. The molecule has 0 aliphatic heterocycles. The topological polar surface area (TPSA) is 193 Å². The number of unbranched alkanes of at least 4 members (excludes halogenated alkanes) is 1. The Bertz CT molecular complexity index is 3370. The summed E-state index contributed by atoms with van der Waals surface area (Å²) in [5.74, 6) is -1.16. The highest BCUT2D eigenvalue weighted by molar-refractivity contribution is 6.12. The van der Waals surface area contributed by atoms with Crippen molar-refractivity contribution in [2.75, 3.05) is 39.6 Å². The molecule has 3 atom stereocenters. The lowest BCUT2D eigenvalue weighted by Crippen LogP contribution is -2.10. The maximum absolute atomic E-state index is 12.3. The highest BCUT2D eigenvalue weighted by Crippen LogP contribution is 2.34. The molecule has 6 aromatic heterocycles. The van der Waals surface area contributed by atoms with Crippen LogP contribution in [0.5, 0.6) is 0 Å². The summed E-state index contributed by atoms with van der Waals surface area (Å²) >= 11 is 0. The van der Waals surface area contributed by atoms with Crippen LogP contribution in [0.4, 0.5) is 0 Å². The van der Waals surface area contributed by atoms with Gasteiger partial charge in [-0.05, 0) is 139 Å². The van der Waals surface area contributed by atoms with Crippen molar-refractivity contribution in [1.29, 1.82) is 0 Å². The van der Waals surface area contributed by atoms with Crippen LogP contribution in [0.3, 0.4) is 0 Å². The summed E-state index contributed by atoms with van der Waals surface area (Å²) in [6.45, 7) is 23.0. The fourth-order valence-electron chi connectivity index (χ4n) is 8.96. The number of ether oxygens (including phenoxy) is 6. The molecule has 0 radical (unpaired) electrons. The van der Waals surface area contributed by atoms with Gasteiger partial charge in [0, 0.05) is 68.7 Å². The lowest BCUT2D eigenvalue weighted by Gasteiger charge is -2.13. The van der Waals surface area contributed by atoms with Crippen LogP contribution in [-0.2, 0) is 34.8 Å². The Labute approximate surface area is 432 Å². The van der Waals surface area contributed by atoms with Crippen LogP contribution in [-0.4, -0.2) is 87.5 Å². The molecule has 9 rings (SSSR count). The number of carbonyl (C=O) groups is 3. The average Bonchev–Trinajstić information content (AvgIpc) is 4.10. The van der Waals surface area contributed by atoms with Gasteiger partial charge in [0.05, 0.1) is 73.3 Å². The van der Waals surface area contributed by atoms with Crippen molar-refractivity contribution in [2.24, 2.45) is 0 Å². The summed E-state index contributed by atoms with van der Waals surface area (Å²) in [5, 5.41) is 6.18. The molecular formula is C59H70N6O9. The summed E-state index contributed by atoms with van der Waals surface area (Å²) in [6.07, 6.45) is 9.05. The van der Waals surface area contributed by atoms with E-state index in [1.54, 1.807) is 51.5 Å². The number of esters is 3. The van der Waals surface area contributed by atoms with Crippen molar-refractivity contribution in [3.8, 4) is 0 Å². The SMILES string of the molecule is CCCCOC(C)c1ccc2[nH]c3cnc(C(=O)OCC)cc3c2c1.CCCOC(C)c1ccc2[nH]c3cnc(C(=O)OCC)cc3c2c1.CCOC(=O)c1ncc2[nH]c3ccc(C(C)OCC)cc3c2c1CC. The second kappa shape index (κ2) is 25.6. The summed E-state index contributed by atoms with van der Waals surface area (Å²) in [6, 6.07) is 22.3. The van der Waals surface area contributed by atoms with Crippen molar-refractivity contribution in [1.82, 2.24) is 29.9 Å². The number of pyridine rings is 3. The number of fused-ring (bicyclic) bond motifs is 9. The Balaban J connectivity index is 0.000000162. The van der Waals surface area contributed by atoms with Gasteiger partial charge in [-0.2, -0.15) is 0 Å². The fraction of sp³-hybridized carbons (Fsp3) is 0.390. The number of hydrogen-bond acceptors (Lipinski definition) is 12. The number of hydrogen-bond donors (Lipinski definition) is 3. The molecule has 0 fully saturated rings. The molecule has 3 unspecified atom stereocenters. The molecule has 390 valence electrons. The van der Waals surface area contributed by atoms with E-state index in [9.17, 15) is 14.4 Å². The van der Waals surface area contributed by atoms with Gasteiger partial charge in [-0.1, -0.05) is 45.4 Å². The van der Waals surface area contributed by atoms with Crippen LogP contribution in [0.15, 0.2) is 85.3 Å². The highest BCUT2D eigenvalue weighted by atomic mass is 16.5. The maximum atomic E-state index is 12.3. The molecule has 3 aromatic carbocycles. The molecule has 0 spiro atoms. The number of aromatic amines is 3. The molecule has 0 saturated carbocycles. The minimum atomic E-state index is -0.399. The Morgan fingerprint density at radius 2 is 0.892 bits per heavy atom. The van der Waals surface area contributed by atoms with E-state index in [2.05, 4.69) is 100 Å². The molecule has 15 nitrogen and oxygen atoms in total. The second-order valence-corrected chi connectivity index (χ2v) is 17.9. The smallest absolute Gasteiger partial charge is 0.357 e. The summed E-state index contributed by atoms with van der Waals surface area (Å²) in [5.41, 5.74) is 11.1. The van der Waals surface area contributed by atoms with Crippen molar-refractivity contribution in [3.63, 3.8) is 0 Å². The molecule has 0 aliphatic carbocycles. The number of nitrogens with one attached hydrogen (secondary N) is 3. The zero-order chi connectivity index (χ0) is 52.9. The van der Waals surface area contributed by atoms with Gasteiger partial charge in [0.25, 0.3) is 0 Å². The largest absolute Gasteiger partial charge is 0.461 e. The van der Waals surface area contributed by atoms with Gasteiger partial charge in [-0.3, -0.25) is 0 Å². The lowest BCUT2D eigenvalue weighted by atomic mass is 10.0. The third kappa shape index (κ3) is 12.4. The number of carbonyl (C=O) groups excluding carboxylic acids is 3. The normalized spacial score (nSPS) is 12.6. The van der Waals surface area contributed by atoms with E-state index in [0.717, 1.165) is 120 Å². The molecule has 6 heterocycles. The number of aryl methyl sites for hydroxylation is 1. The van der Waals surface area contributed by atoms with E-state index in [-0.39, 0.29) is 24.3 Å². The summed E-state index contributed by atoms with van der Waals surface area (Å²) in [4.78, 5) is 58.9. The molecule has 74 heavy (non-hydrogen) atoms. The van der Waals surface area contributed by atoms with Gasteiger partial charge in [-0.25, -0.2) is 29.3 Å². The van der Waals surface area contributed by atoms with Gasteiger partial charge in [0.15, 0.2) is 5.69 Å². The average molecular weight is 1010 g/mol. The molecule has 3 N–H and O–H groups in total. The number of nitrogens with zero attached hydrogens (tertiary/aromatic N) is 3. The Morgan fingerprint density at radius 3 is 1.36 bits per heavy atom. The first kappa shape index (κ1) is 54.6. The number of H-pyrrole nitrogens is 3. The van der Waals surface area contributed by atoms with Gasteiger partial charge >= 0.3 is 17.9 Å². The standard InChI is InChI=1S/2C20H24N2O3.C19H22N2O3/c1-5-14-18-15-10-13(12(4)24-6-2)8-9-16(15)22-17(18)11-21-19(14)20(23)25-7-3;1-4-6-9-25-13(3)14-7-8-17-15(10-14)16-11-18(20(23)24-5-2)21-12-19(16)22-17;1-4-8-24-12(3)13-6-7-16-14(9-13)15-10-17(19(22)23-5-2)20-11-18(15)21-16/h8-12,22H,5-7H2,1-4H3;7-8,10-13,22H,4-6,9H2,1-3H3;6-7,9-12,21H,4-5,8H2,1-3H3. The van der Waals surface area contributed by atoms with E-state index >= 15 is 0 Å². The molecule has 0 aliphatic rings. The van der Waals surface area contributed by atoms with Crippen LogP contribution in [0.1, 0.15) is 161 Å². The Morgan fingerprint density at radius 1 is 0.459 bits per heavy atom. The zero-order valence-corrected chi connectivity index (χ0v) is 44.4. The van der Waals surface area contributed by atoms with Crippen LogP contribution in [0.2, 0.25) is 0 Å². The van der Waals surface area contributed by atoms with Gasteiger partial charge < -0.3 is 43.4 Å². The molecular weight excluding hydrogens is 937 g/mol. The maximum Gasteiger partial charge on any atom is 0.357 e. The minimum Gasteiger partial charge on any atom is -0.461 e. The van der Waals surface area contributed by atoms with Crippen molar-refractivity contribution in [2.45, 2.75) is 113 Å². The second-order valence-electron chi connectivity index (χ2n) is 17.9. The van der Waals surface area contributed by atoms with Crippen LogP contribution >= 0.6 is 0 Å². The predicted molar refractivity (Wildman–Crippen MR) is 292 cm³/mol. The predicted octanol–water partition coefficient (Wildman–Crippen LogP) is 13.7. The monoisotopic (exact) mass is 1010 g/mol. The Kier molecular flexibility index (Phi) is 18.9. The van der Waals surface area contributed by atoms with E-state index in [4.69, 9.17) is 28.4 Å². The van der Waals surface area contributed by atoms with E-state index in [0.29, 0.717) is 49.9 Å². The van der Waals surface area contributed by atoms with Gasteiger partial charge in [0.1, 0.15) is 11.4 Å². The zero-order valence-electron chi connectivity index (χ0n) is 44.4. The fourth-order valence-corrected chi connectivity index (χ4v) is 8.96. The molecule has 15 heteroatoms. The number of rotatable bonds is 19. The van der Waals surface area contributed by atoms with Gasteiger partial charge in [-0.15, -0.1) is 0 Å². The first-order chi connectivity index (χ1) is 35.9. The molecule has 0 saturated heterocycles. The van der Waals surface area contributed by atoms with Crippen molar-refractivity contribution >= 4 is 83.3 Å². The van der Waals surface area contributed by atoms with E-state index in [1.165, 1.54) is 0 Å². The highest BCUT2D eigenvalue weighted by Gasteiger charge is 2.21. The van der Waals surface area contributed by atoms with Gasteiger partial charge in [0.2, 0.25) is 0 Å². The van der Waals surface area contributed by atoms with Crippen LogP contribution in [0, 0.1) is 0 Å². The Hall–Kier alpha value is -7.20. The minimum absolute atomic E-state index is 0.0239. The number of aromatic nitrogens is 6. The molecule has 0 bridgehead atoms. The van der Waals surface area contributed by atoms with Crippen LogP contribution < -0.4 is 0 Å². The van der Waals surface area contributed by atoms with Crippen LogP contribution in [0.25, 0.3) is 65.4 Å². The third-order valence-corrected chi connectivity index (χ3v) is 12.8. The first-order valence-electron chi connectivity index (χ1n) is 26.0. The summed E-state index contributed by atoms with van der Waals surface area (Å²) in [7, 11) is 0. The van der Waals surface area contributed by atoms with E-state index < -0.39 is 11.9 Å². The third-order valence-electron chi connectivity index (χ3n) is 12.8. The number of benzene rings is 3. The van der Waals surface area contributed by atoms with E-state index in [1.807, 2.05) is 32.9 Å². The quantitative estimate of drug-likeness (QED) is 0.0395. The lowest BCUT2D eigenvalue weighted by molar-refractivity contribution is 0.0509. The van der Waals surface area contributed by atoms with Crippen molar-refractivity contribution in [3.05, 3.63) is 125 Å². The van der Waals surface area contributed by atoms with Crippen molar-refractivity contribution < 1.29 is 42.8 Å². The first-order valence-corrected chi connectivity index (χ1v) is 26.0. The summed E-state index contributed by atoms with van der Waals surface area (Å²) < 4.78 is 32.7. The molecule has 9 aromatic rings.